The van der Waals surface area contributed by atoms with Crippen molar-refractivity contribution in [3.05, 3.63) is 77.2 Å². The molecule has 3 heterocycles. The highest BCUT2D eigenvalue weighted by Gasteiger charge is 2.31. The first-order chi connectivity index (χ1) is 20.4. The second-order valence-corrected chi connectivity index (χ2v) is 11.2. The summed E-state index contributed by atoms with van der Waals surface area (Å²) in [5.41, 5.74) is 1.37. The summed E-state index contributed by atoms with van der Waals surface area (Å²) in [6.45, 7) is 3.98. The normalized spacial score (nSPS) is 13.6. The zero-order valence-corrected chi connectivity index (χ0v) is 23.8. The van der Waals surface area contributed by atoms with Gasteiger partial charge < -0.3 is 14.5 Å². The summed E-state index contributed by atoms with van der Waals surface area (Å²) in [6.07, 6.45) is -3.21. The predicted molar refractivity (Wildman–Crippen MR) is 150 cm³/mol. The van der Waals surface area contributed by atoms with E-state index in [0.29, 0.717) is 49.7 Å². The van der Waals surface area contributed by atoms with Gasteiger partial charge in [-0.05, 0) is 43.3 Å². The van der Waals surface area contributed by atoms with Gasteiger partial charge in [0.05, 0.1) is 24.3 Å². The van der Waals surface area contributed by atoms with Gasteiger partial charge in [-0.15, -0.1) is 10.2 Å². The van der Waals surface area contributed by atoms with Gasteiger partial charge >= 0.3 is 6.18 Å². The molecule has 1 N–H and O–H groups in total. The number of nitrogens with one attached hydrogen (secondary N) is 1. The van der Waals surface area contributed by atoms with E-state index in [0.717, 1.165) is 11.3 Å². The lowest BCUT2D eigenvalue weighted by molar-refractivity contribution is -0.130. The van der Waals surface area contributed by atoms with Crippen LogP contribution in [-0.2, 0) is 10.0 Å². The Labute approximate surface area is 246 Å². The quantitative estimate of drug-likeness (QED) is 0.379. The maximum absolute atomic E-state index is 13.1. The van der Waals surface area contributed by atoms with E-state index in [1.165, 1.54) is 18.3 Å². The molecular formula is C28H27F3N6O5S. The molecule has 3 aromatic rings. The number of hydrogen-bond donors (Lipinski definition) is 1. The molecule has 1 fully saturated rings. The molecule has 0 bridgehead atoms. The first-order valence-corrected chi connectivity index (χ1v) is 14.8. The molecule has 0 unspecified atom stereocenters. The van der Waals surface area contributed by atoms with Crippen LogP contribution in [0.25, 0.3) is 0 Å². The Morgan fingerprint density at radius 1 is 1.00 bits per heavy atom. The summed E-state index contributed by atoms with van der Waals surface area (Å²) in [4.78, 5) is 32.9. The van der Waals surface area contributed by atoms with Crippen LogP contribution in [0.1, 0.15) is 45.3 Å². The van der Waals surface area contributed by atoms with Crippen LogP contribution < -0.4 is 14.4 Å². The third-order valence-electron chi connectivity index (χ3n) is 6.16. The van der Waals surface area contributed by atoms with Crippen molar-refractivity contribution < 1.29 is 35.9 Å². The molecule has 2 aromatic heterocycles. The topological polar surface area (TPSA) is 135 Å². The standard InChI is InChI=1S/C28H27F3N6O5S/c1-2-42-23-5-3-4-20(17-23)6-7-21-16-22(19-32-18-21)27(39)37-13-11-36(12-14-37)25-9-8-24(33-34-25)26(38)35-43(40,41)15-10-28(29,30)31/h3-5,8-9,16-19H,2,10-15H2,1H3,(H,35,38). The molecule has 1 aliphatic rings. The number of aromatic nitrogens is 3. The summed E-state index contributed by atoms with van der Waals surface area (Å²) in [7, 11) is -4.50. The number of pyridine rings is 1. The monoisotopic (exact) mass is 616 g/mol. The van der Waals surface area contributed by atoms with E-state index in [1.54, 1.807) is 21.9 Å². The van der Waals surface area contributed by atoms with Crippen molar-refractivity contribution in [3.63, 3.8) is 0 Å². The molecule has 0 radical (unpaired) electrons. The van der Waals surface area contributed by atoms with E-state index in [9.17, 15) is 31.2 Å². The average molecular weight is 617 g/mol. The number of ether oxygens (including phenoxy) is 1. The van der Waals surface area contributed by atoms with Crippen LogP contribution in [0.4, 0.5) is 19.0 Å². The molecule has 43 heavy (non-hydrogen) atoms. The van der Waals surface area contributed by atoms with Crippen molar-refractivity contribution in [2.45, 2.75) is 19.5 Å². The van der Waals surface area contributed by atoms with Crippen LogP contribution in [0.5, 0.6) is 5.75 Å². The van der Waals surface area contributed by atoms with Gasteiger partial charge in [0.2, 0.25) is 10.0 Å². The van der Waals surface area contributed by atoms with Crippen molar-refractivity contribution >= 4 is 27.7 Å². The van der Waals surface area contributed by atoms with Crippen LogP contribution >= 0.6 is 0 Å². The third-order valence-corrected chi connectivity index (χ3v) is 7.40. The SMILES string of the molecule is CCOc1cccc(C#Cc2cncc(C(=O)N3CCN(c4ccc(C(=O)NS(=O)(=O)CCC(F)(F)F)nn4)CC3)c2)c1. The van der Waals surface area contributed by atoms with Gasteiger partial charge in [0.25, 0.3) is 11.8 Å². The number of nitrogens with zero attached hydrogens (tertiary/aromatic N) is 5. The van der Waals surface area contributed by atoms with Crippen LogP contribution in [0, 0.1) is 11.8 Å². The number of amides is 2. The summed E-state index contributed by atoms with van der Waals surface area (Å²) in [5, 5.41) is 7.66. The largest absolute Gasteiger partial charge is 0.494 e. The Hall–Kier alpha value is -4.71. The van der Waals surface area contributed by atoms with Gasteiger partial charge in [-0.1, -0.05) is 17.9 Å². The minimum Gasteiger partial charge on any atom is -0.494 e. The molecule has 0 aliphatic carbocycles. The Kier molecular flexibility index (Phi) is 9.81. The molecule has 226 valence electrons. The smallest absolute Gasteiger partial charge is 0.390 e. The van der Waals surface area contributed by atoms with E-state index in [1.807, 2.05) is 36.1 Å². The molecule has 1 saturated heterocycles. The minimum atomic E-state index is -4.68. The van der Waals surface area contributed by atoms with Gasteiger partial charge in [-0.25, -0.2) is 13.1 Å². The van der Waals surface area contributed by atoms with Crippen LogP contribution in [0.2, 0.25) is 0 Å². The van der Waals surface area contributed by atoms with Gasteiger partial charge in [-0.2, -0.15) is 13.2 Å². The van der Waals surface area contributed by atoms with Crippen LogP contribution in [0.15, 0.2) is 54.9 Å². The molecule has 1 aromatic carbocycles. The number of alkyl halides is 3. The number of sulfonamides is 1. The number of carbonyl (C=O) groups is 2. The molecule has 2 amide bonds. The number of anilines is 1. The van der Waals surface area contributed by atoms with Crippen molar-refractivity contribution in [1.82, 2.24) is 24.8 Å². The molecule has 0 atom stereocenters. The van der Waals surface area contributed by atoms with E-state index in [-0.39, 0.29) is 11.6 Å². The Morgan fingerprint density at radius 3 is 2.42 bits per heavy atom. The summed E-state index contributed by atoms with van der Waals surface area (Å²) in [6, 6.07) is 11.7. The Balaban J connectivity index is 1.32. The van der Waals surface area contributed by atoms with Crippen LogP contribution in [-0.4, -0.2) is 85.0 Å². The average Bonchev–Trinajstić information content (AvgIpc) is 2.99. The zero-order chi connectivity index (χ0) is 31.0. The second kappa shape index (κ2) is 13.5. The molecule has 0 saturated carbocycles. The summed E-state index contributed by atoms with van der Waals surface area (Å²) in [5.74, 6) is 4.50. The highest BCUT2D eigenvalue weighted by molar-refractivity contribution is 7.90. The van der Waals surface area contributed by atoms with Gasteiger partial charge in [0.15, 0.2) is 11.5 Å². The summed E-state index contributed by atoms with van der Waals surface area (Å²) >= 11 is 0. The lowest BCUT2D eigenvalue weighted by Gasteiger charge is -2.35. The Bertz CT molecular complexity index is 1630. The fourth-order valence-electron chi connectivity index (χ4n) is 4.03. The molecular weight excluding hydrogens is 589 g/mol. The van der Waals surface area contributed by atoms with Crippen molar-refractivity contribution in [3.8, 4) is 17.6 Å². The van der Waals surface area contributed by atoms with Gasteiger partial charge in [0, 0.05) is 49.7 Å². The first-order valence-electron chi connectivity index (χ1n) is 13.1. The van der Waals surface area contributed by atoms with Crippen molar-refractivity contribution in [2.75, 3.05) is 43.4 Å². The van der Waals surface area contributed by atoms with Crippen LogP contribution in [0.3, 0.4) is 0 Å². The van der Waals surface area contributed by atoms with Crippen molar-refractivity contribution in [1.29, 1.82) is 0 Å². The first kappa shape index (κ1) is 31.2. The van der Waals surface area contributed by atoms with Gasteiger partial charge in [0.1, 0.15) is 5.75 Å². The number of rotatable bonds is 8. The number of benzene rings is 1. The van der Waals surface area contributed by atoms with E-state index >= 15 is 0 Å². The maximum atomic E-state index is 13.1. The molecule has 1 aliphatic heterocycles. The lowest BCUT2D eigenvalue weighted by atomic mass is 10.1. The second-order valence-electron chi connectivity index (χ2n) is 9.34. The predicted octanol–water partition coefficient (Wildman–Crippen LogP) is 2.64. The number of halogens is 3. The number of piperazine rings is 1. The lowest BCUT2D eigenvalue weighted by Crippen LogP contribution is -2.49. The maximum Gasteiger partial charge on any atom is 0.390 e. The summed E-state index contributed by atoms with van der Waals surface area (Å²) < 4.78 is 67.5. The third kappa shape index (κ3) is 9.14. The van der Waals surface area contributed by atoms with E-state index in [2.05, 4.69) is 27.0 Å². The van der Waals surface area contributed by atoms with E-state index < -0.39 is 34.3 Å². The van der Waals surface area contributed by atoms with Crippen molar-refractivity contribution in [2.24, 2.45) is 0 Å². The van der Waals surface area contributed by atoms with Gasteiger partial charge in [-0.3, -0.25) is 14.6 Å². The zero-order valence-electron chi connectivity index (χ0n) is 23.0. The number of carbonyl (C=O) groups excluding carboxylic acids is 2. The Morgan fingerprint density at radius 2 is 1.74 bits per heavy atom. The minimum absolute atomic E-state index is 0.209. The van der Waals surface area contributed by atoms with E-state index in [4.69, 9.17) is 4.74 Å². The molecule has 0 spiro atoms. The highest BCUT2D eigenvalue weighted by Crippen LogP contribution is 2.20. The number of hydrogen-bond acceptors (Lipinski definition) is 9. The highest BCUT2D eigenvalue weighted by atomic mass is 32.2. The molecule has 11 nitrogen and oxygen atoms in total. The fraction of sp³-hybridized carbons (Fsp3) is 0.321. The fourth-order valence-corrected chi connectivity index (χ4v) is 5.02. The molecule has 4 rings (SSSR count). The molecule has 15 heteroatoms.